The molecule has 1 rings (SSSR count). The lowest BCUT2D eigenvalue weighted by molar-refractivity contribution is 0.435. The maximum absolute atomic E-state index is 12.9. The lowest BCUT2D eigenvalue weighted by Crippen LogP contribution is -2.35. The van der Waals surface area contributed by atoms with E-state index in [4.69, 9.17) is 5.73 Å². The number of likely N-dealkylation sites (N-methyl/N-ethyl adjacent to an activating group) is 1. The number of benzene rings is 1. The van der Waals surface area contributed by atoms with Gasteiger partial charge >= 0.3 is 0 Å². The second kappa shape index (κ2) is 5.57. The summed E-state index contributed by atoms with van der Waals surface area (Å²) in [7, 11) is -3.57. The fraction of sp³-hybridized carbons (Fsp3) is 0.455. The molecule has 0 aliphatic heterocycles. The minimum absolute atomic E-state index is 0.134. The molecule has 1 aromatic rings. The van der Waals surface area contributed by atoms with Crippen LogP contribution in [0.15, 0.2) is 23.1 Å². The molecule has 96 valence electrons. The van der Waals surface area contributed by atoms with E-state index in [0.717, 1.165) is 6.07 Å². The molecule has 0 saturated heterocycles. The van der Waals surface area contributed by atoms with Crippen molar-refractivity contribution in [3.8, 4) is 0 Å². The Morgan fingerprint density at radius 2 is 2.06 bits per heavy atom. The van der Waals surface area contributed by atoms with E-state index in [1.165, 1.54) is 16.4 Å². The second-order valence-corrected chi connectivity index (χ2v) is 5.60. The predicted octanol–water partition coefficient (Wildman–Crippen LogP) is 1.10. The summed E-state index contributed by atoms with van der Waals surface area (Å²) in [5.41, 5.74) is 5.78. The molecule has 0 heterocycles. The predicted molar refractivity (Wildman–Crippen MR) is 64.6 cm³/mol. The molecule has 2 N–H and O–H groups in total. The highest BCUT2D eigenvalue weighted by atomic mass is 32.2. The molecular weight excluding hydrogens is 243 g/mol. The lowest BCUT2D eigenvalue weighted by Gasteiger charge is -2.20. The third kappa shape index (κ3) is 3.02. The third-order valence-corrected chi connectivity index (χ3v) is 4.62. The van der Waals surface area contributed by atoms with E-state index in [0.29, 0.717) is 12.1 Å². The first kappa shape index (κ1) is 14.1. The molecule has 6 heteroatoms. The third-order valence-electron chi connectivity index (χ3n) is 2.49. The van der Waals surface area contributed by atoms with Crippen LogP contribution in [0.5, 0.6) is 0 Å². The van der Waals surface area contributed by atoms with Crippen LogP contribution < -0.4 is 5.73 Å². The lowest BCUT2D eigenvalue weighted by atomic mass is 10.2. The van der Waals surface area contributed by atoms with Crippen LogP contribution in [0.4, 0.5) is 4.39 Å². The van der Waals surface area contributed by atoms with Crippen LogP contribution in [0, 0.1) is 12.7 Å². The molecule has 0 amide bonds. The van der Waals surface area contributed by atoms with Gasteiger partial charge in [-0.2, -0.15) is 4.31 Å². The molecule has 0 saturated carbocycles. The van der Waals surface area contributed by atoms with Crippen LogP contribution in [0.25, 0.3) is 0 Å². The van der Waals surface area contributed by atoms with Gasteiger partial charge in [-0.05, 0) is 30.7 Å². The zero-order valence-electron chi connectivity index (χ0n) is 9.98. The minimum atomic E-state index is -3.57. The molecule has 0 bridgehead atoms. The molecule has 0 aliphatic carbocycles. The fourth-order valence-electron chi connectivity index (χ4n) is 1.63. The van der Waals surface area contributed by atoms with Crippen molar-refractivity contribution in [2.75, 3.05) is 19.6 Å². The van der Waals surface area contributed by atoms with Crippen molar-refractivity contribution >= 4 is 10.0 Å². The Bertz CT molecular complexity index is 488. The first-order valence-corrected chi connectivity index (χ1v) is 6.83. The van der Waals surface area contributed by atoms with Gasteiger partial charge in [-0.15, -0.1) is 0 Å². The summed E-state index contributed by atoms with van der Waals surface area (Å²) >= 11 is 0. The molecule has 1 aromatic carbocycles. The van der Waals surface area contributed by atoms with Gasteiger partial charge in [0.05, 0.1) is 4.90 Å². The van der Waals surface area contributed by atoms with Crippen molar-refractivity contribution in [2.24, 2.45) is 5.73 Å². The first-order valence-electron chi connectivity index (χ1n) is 5.39. The van der Waals surface area contributed by atoms with E-state index < -0.39 is 15.8 Å². The number of aryl methyl sites for hydroxylation is 1. The van der Waals surface area contributed by atoms with E-state index in [1.54, 1.807) is 13.8 Å². The average molecular weight is 260 g/mol. The van der Waals surface area contributed by atoms with Crippen LogP contribution in [0.3, 0.4) is 0 Å². The normalized spacial score (nSPS) is 12.1. The Balaban J connectivity index is 3.20. The largest absolute Gasteiger partial charge is 0.329 e. The van der Waals surface area contributed by atoms with Gasteiger partial charge in [-0.1, -0.05) is 6.92 Å². The van der Waals surface area contributed by atoms with Gasteiger partial charge in [0.15, 0.2) is 0 Å². The Kier molecular flexibility index (Phi) is 4.62. The molecule has 0 fully saturated rings. The number of rotatable bonds is 5. The molecular formula is C11H17FN2O2S. The number of nitrogens with zero attached hydrogens (tertiary/aromatic N) is 1. The van der Waals surface area contributed by atoms with Crippen LogP contribution in [-0.2, 0) is 10.0 Å². The van der Waals surface area contributed by atoms with Gasteiger partial charge in [0.2, 0.25) is 10.0 Å². The van der Waals surface area contributed by atoms with Crippen molar-refractivity contribution in [1.29, 1.82) is 0 Å². The monoisotopic (exact) mass is 260 g/mol. The van der Waals surface area contributed by atoms with Crippen LogP contribution in [0.1, 0.15) is 12.5 Å². The molecule has 4 nitrogen and oxygen atoms in total. The number of hydrogen-bond acceptors (Lipinski definition) is 3. The number of halogens is 1. The van der Waals surface area contributed by atoms with E-state index in [-0.39, 0.29) is 18.0 Å². The van der Waals surface area contributed by atoms with Crippen molar-refractivity contribution < 1.29 is 12.8 Å². The zero-order chi connectivity index (χ0) is 13.1. The molecule has 17 heavy (non-hydrogen) atoms. The van der Waals surface area contributed by atoms with Crippen molar-refractivity contribution in [3.05, 3.63) is 29.6 Å². The number of nitrogens with two attached hydrogens (primary N) is 1. The van der Waals surface area contributed by atoms with E-state index >= 15 is 0 Å². The summed E-state index contributed by atoms with van der Waals surface area (Å²) in [4.78, 5) is 0.134. The molecule has 0 aromatic heterocycles. The smallest absolute Gasteiger partial charge is 0.243 e. The van der Waals surface area contributed by atoms with Crippen LogP contribution in [-0.4, -0.2) is 32.4 Å². The Hall–Kier alpha value is -0.980. The summed E-state index contributed by atoms with van der Waals surface area (Å²) in [6.45, 7) is 4.18. The van der Waals surface area contributed by atoms with E-state index in [1.807, 2.05) is 0 Å². The van der Waals surface area contributed by atoms with Crippen molar-refractivity contribution in [3.63, 3.8) is 0 Å². The number of hydrogen-bond donors (Lipinski definition) is 1. The molecule has 0 atom stereocenters. The van der Waals surface area contributed by atoms with Crippen molar-refractivity contribution in [2.45, 2.75) is 18.7 Å². The number of sulfonamides is 1. The summed E-state index contributed by atoms with van der Waals surface area (Å²) in [6, 6.07) is 3.65. The molecule has 0 spiro atoms. The Morgan fingerprint density at radius 1 is 1.41 bits per heavy atom. The second-order valence-electron chi connectivity index (χ2n) is 3.70. The maximum atomic E-state index is 12.9. The van der Waals surface area contributed by atoms with Gasteiger partial charge in [0.1, 0.15) is 5.82 Å². The van der Waals surface area contributed by atoms with Gasteiger partial charge in [0.25, 0.3) is 0 Å². The molecule has 0 radical (unpaired) electrons. The van der Waals surface area contributed by atoms with Crippen LogP contribution >= 0.6 is 0 Å². The van der Waals surface area contributed by atoms with Gasteiger partial charge in [0, 0.05) is 19.6 Å². The Labute approximate surface area is 101 Å². The SMILES string of the molecule is CCN(CCN)S(=O)(=O)c1ccc(F)cc1C. The highest BCUT2D eigenvalue weighted by Crippen LogP contribution is 2.20. The quantitative estimate of drug-likeness (QED) is 0.862. The standard InChI is InChI=1S/C11H17FN2O2S/c1-3-14(7-6-13)17(15,16)11-5-4-10(12)8-9(11)2/h4-5,8H,3,6-7,13H2,1-2H3. The van der Waals surface area contributed by atoms with Gasteiger partial charge in [-0.25, -0.2) is 12.8 Å². The topological polar surface area (TPSA) is 63.4 Å². The molecule has 0 unspecified atom stereocenters. The van der Waals surface area contributed by atoms with Gasteiger partial charge in [-0.3, -0.25) is 0 Å². The summed E-state index contributed by atoms with van der Waals surface area (Å²) in [5, 5.41) is 0. The van der Waals surface area contributed by atoms with E-state index in [9.17, 15) is 12.8 Å². The first-order chi connectivity index (χ1) is 7.93. The highest BCUT2D eigenvalue weighted by molar-refractivity contribution is 7.89. The zero-order valence-corrected chi connectivity index (χ0v) is 10.8. The average Bonchev–Trinajstić information content (AvgIpc) is 2.24. The summed E-state index contributed by atoms with van der Waals surface area (Å²) < 4.78 is 38.7. The van der Waals surface area contributed by atoms with Gasteiger partial charge < -0.3 is 5.73 Å². The van der Waals surface area contributed by atoms with E-state index in [2.05, 4.69) is 0 Å². The Morgan fingerprint density at radius 3 is 2.53 bits per heavy atom. The maximum Gasteiger partial charge on any atom is 0.243 e. The summed E-state index contributed by atoms with van der Waals surface area (Å²) in [5.74, 6) is -0.441. The van der Waals surface area contributed by atoms with Crippen LogP contribution in [0.2, 0.25) is 0 Å². The van der Waals surface area contributed by atoms with Crippen molar-refractivity contribution in [1.82, 2.24) is 4.31 Å². The molecule has 0 aliphatic rings. The summed E-state index contributed by atoms with van der Waals surface area (Å²) in [6.07, 6.45) is 0. The minimum Gasteiger partial charge on any atom is -0.329 e. The fourth-order valence-corrected chi connectivity index (χ4v) is 3.30. The highest BCUT2D eigenvalue weighted by Gasteiger charge is 2.24.